The molecular formula is C14H19N5O2. The molecule has 7 heteroatoms. The van der Waals surface area contributed by atoms with Crippen molar-refractivity contribution in [1.29, 1.82) is 0 Å². The number of aromatic nitrogens is 2. The number of nitrogens with one attached hydrogen (secondary N) is 3. The number of nitrogen functional groups attached to an aromatic ring is 1. The van der Waals surface area contributed by atoms with E-state index >= 15 is 0 Å². The van der Waals surface area contributed by atoms with Crippen molar-refractivity contribution >= 4 is 28.4 Å². The Morgan fingerprint density at radius 1 is 1.38 bits per heavy atom. The quantitative estimate of drug-likeness (QED) is 0.588. The Bertz CT molecular complexity index is 695. The van der Waals surface area contributed by atoms with Crippen LogP contribution in [0.5, 0.6) is 0 Å². The van der Waals surface area contributed by atoms with Crippen LogP contribution in [0.2, 0.25) is 0 Å². The summed E-state index contributed by atoms with van der Waals surface area (Å²) in [4.78, 5) is 30.3. The van der Waals surface area contributed by atoms with Crippen molar-refractivity contribution in [2.75, 3.05) is 24.1 Å². The van der Waals surface area contributed by atoms with Crippen LogP contribution in [0.4, 0.5) is 11.6 Å². The number of aromatic amines is 1. The lowest BCUT2D eigenvalue weighted by Crippen LogP contribution is -2.26. The molecule has 0 aliphatic rings. The lowest BCUT2D eigenvalue weighted by atomic mass is 10.2. The number of nitrogens with zero attached hydrogens (tertiary/aromatic N) is 1. The number of hydrogen-bond donors (Lipinski definition) is 4. The number of nitrogens with two attached hydrogens (primary N) is 1. The van der Waals surface area contributed by atoms with E-state index in [0.29, 0.717) is 42.0 Å². The fourth-order valence-corrected chi connectivity index (χ4v) is 1.89. The zero-order valence-corrected chi connectivity index (χ0v) is 11.9. The number of carbonyl (C=O) groups is 1. The van der Waals surface area contributed by atoms with Gasteiger partial charge in [-0.2, -0.15) is 0 Å². The molecule has 0 unspecified atom stereocenters. The second-order valence-corrected chi connectivity index (χ2v) is 4.72. The molecular weight excluding hydrogens is 270 g/mol. The van der Waals surface area contributed by atoms with Crippen molar-refractivity contribution < 1.29 is 4.79 Å². The lowest BCUT2D eigenvalue weighted by Gasteiger charge is -2.07. The van der Waals surface area contributed by atoms with Crippen molar-refractivity contribution in [3.05, 3.63) is 28.6 Å². The smallest absolute Gasteiger partial charge is 0.260 e. The third-order valence-corrected chi connectivity index (χ3v) is 2.95. The number of H-pyrrole nitrogens is 1. The maximum atomic E-state index is 11.9. The van der Waals surface area contributed by atoms with Gasteiger partial charge in [-0.05, 0) is 24.6 Å². The molecule has 0 fully saturated rings. The average molecular weight is 289 g/mol. The molecule has 0 saturated heterocycles. The van der Waals surface area contributed by atoms with E-state index in [1.807, 2.05) is 6.92 Å². The van der Waals surface area contributed by atoms with Crippen LogP contribution in [-0.2, 0) is 4.79 Å². The predicted molar refractivity (Wildman–Crippen MR) is 83.2 cm³/mol. The standard InChI is InChI=1S/C14H19N5O2/c1-2-6-16-12(20)5-7-17-14-18-11-4-3-9(15)8-10(11)13(21)19-14/h3-4,8H,2,5-7,15H2,1H3,(H,16,20)(H2,17,18,19,21). The van der Waals surface area contributed by atoms with Crippen molar-refractivity contribution in [2.24, 2.45) is 0 Å². The highest BCUT2D eigenvalue weighted by Crippen LogP contribution is 2.12. The Balaban J connectivity index is 2.01. The highest BCUT2D eigenvalue weighted by molar-refractivity contribution is 5.81. The molecule has 1 heterocycles. The number of rotatable bonds is 6. The van der Waals surface area contributed by atoms with Gasteiger partial charge < -0.3 is 16.4 Å². The molecule has 2 rings (SSSR count). The molecule has 0 saturated carbocycles. The largest absolute Gasteiger partial charge is 0.399 e. The molecule has 1 amide bonds. The second kappa shape index (κ2) is 6.74. The van der Waals surface area contributed by atoms with Gasteiger partial charge in [0.25, 0.3) is 5.56 Å². The molecule has 0 aliphatic carbocycles. The number of amides is 1. The minimum Gasteiger partial charge on any atom is -0.399 e. The summed E-state index contributed by atoms with van der Waals surface area (Å²) in [5.74, 6) is 0.320. The highest BCUT2D eigenvalue weighted by atomic mass is 16.1. The van der Waals surface area contributed by atoms with Crippen LogP contribution < -0.4 is 21.9 Å². The fourth-order valence-electron chi connectivity index (χ4n) is 1.89. The maximum Gasteiger partial charge on any atom is 0.260 e. The Labute approximate surface area is 122 Å². The summed E-state index contributed by atoms with van der Waals surface area (Å²) in [5.41, 5.74) is 6.46. The van der Waals surface area contributed by atoms with Crippen LogP contribution in [0, 0.1) is 0 Å². The van der Waals surface area contributed by atoms with Crippen LogP contribution >= 0.6 is 0 Å². The average Bonchev–Trinajstić information content (AvgIpc) is 2.46. The number of benzene rings is 1. The number of carbonyl (C=O) groups excluding carboxylic acids is 1. The molecule has 0 radical (unpaired) electrons. The first-order valence-electron chi connectivity index (χ1n) is 6.90. The maximum absolute atomic E-state index is 11.9. The fraction of sp³-hybridized carbons (Fsp3) is 0.357. The van der Waals surface area contributed by atoms with E-state index in [1.165, 1.54) is 0 Å². The van der Waals surface area contributed by atoms with Crippen LogP contribution in [-0.4, -0.2) is 29.0 Å². The Hall–Kier alpha value is -2.57. The zero-order chi connectivity index (χ0) is 15.2. The summed E-state index contributed by atoms with van der Waals surface area (Å²) in [6.45, 7) is 3.07. The first kappa shape index (κ1) is 14.8. The van der Waals surface area contributed by atoms with Gasteiger partial charge in [0.05, 0.1) is 10.9 Å². The molecule has 0 bridgehead atoms. The van der Waals surface area contributed by atoms with Crippen molar-refractivity contribution in [2.45, 2.75) is 19.8 Å². The van der Waals surface area contributed by atoms with Gasteiger partial charge in [0.15, 0.2) is 0 Å². The minimum atomic E-state index is -0.259. The molecule has 21 heavy (non-hydrogen) atoms. The van der Waals surface area contributed by atoms with Crippen molar-refractivity contribution in [3.8, 4) is 0 Å². The highest BCUT2D eigenvalue weighted by Gasteiger charge is 2.05. The summed E-state index contributed by atoms with van der Waals surface area (Å²) >= 11 is 0. The summed E-state index contributed by atoms with van der Waals surface area (Å²) in [6, 6.07) is 4.97. The van der Waals surface area contributed by atoms with E-state index in [2.05, 4.69) is 20.6 Å². The number of hydrogen-bond acceptors (Lipinski definition) is 5. The summed E-state index contributed by atoms with van der Waals surface area (Å²) < 4.78 is 0. The van der Waals surface area contributed by atoms with Crippen molar-refractivity contribution in [3.63, 3.8) is 0 Å². The van der Waals surface area contributed by atoms with Crippen LogP contribution in [0.25, 0.3) is 10.9 Å². The van der Waals surface area contributed by atoms with Crippen LogP contribution in [0.3, 0.4) is 0 Å². The third kappa shape index (κ3) is 3.95. The van der Waals surface area contributed by atoms with Gasteiger partial charge in [-0.1, -0.05) is 6.92 Å². The molecule has 112 valence electrons. The van der Waals surface area contributed by atoms with Gasteiger partial charge in [-0.25, -0.2) is 4.98 Å². The summed E-state index contributed by atoms with van der Waals surface area (Å²) in [5, 5.41) is 6.17. The van der Waals surface area contributed by atoms with Gasteiger partial charge in [0.2, 0.25) is 11.9 Å². The molecule has 1 aromatic heterocycles. The Morgan fingerprint density at radius 2 is 2.19 bits per heavy atom. The van der Waals surface area contributed by atoms with Gasteiger partial charge in [-0.15, -0.1) is 0 Å². The summed E-state index contributed by atoms with van der Waals surface area (Å²) in [7, 11) is 0. The van der Waals surface area contributed by atoms with Gasteiger partial charge >= 0.3 is 0 Å². The van der Waals surface area contributed by atoms with Crippen molar-refractivity contribution in [1.82, 2.24) is 15.3 Å². The van der Waals surface area contributed by atoms with E-state index in [4.69, 9.17) is 5.73 Å². The second-order valence-electron chi connectivity index (χ2n) is 4.72. The first-order chi connectivity index (χ1) is 10.1. The minimum absolute atomic E-state index is 0.0275. The molecule has 2 aromatic rings. The normalized spacial score (nSPS) is 10.5. The SMILES string of the molecule is CCCNC(=O)CCNc1nc2ccc(N)cc2c(=O)[nH]1. The van der Waals surface area contributed by atoms with E-state index in [0.717, 1.165) is 6.42 Å². The van der Waals surface area contributed by atoms with E-state index in [9.17, 15) is 9.59 Å². The zero-order valence-electron chi connectivity index (χ0n) is 11.9. The molecule has 0 spiro atoms. The van der Waals surface area contributed by atoms with Gasteiger partial charge in [-0.3, -0.25) is 14.6 Å². The van der Waals surface area contributed by atoms with E-state index < -0.39 is 0 Å². The van der Waals surface area contributed by atoms with Crippen LogP contribution in [0.15, 0.2) is 23.0 Å². The summed E-state index contributed by atoms with van der Waals surface area (Å²) in [6.07, 6.45) is 1.23. The van der Waals surface area contributed by atoms with Gasteiger partial charge in [0, 0.05) is 25.2 Å². The van der Waals surface area contributed by atoms with E-state index in [1.54, 1.807) is 18.2 Å². The topological polar surface area (TPSA) is 113 Å². The van der Waals surface area contributed by atoms with Gasteiger partial charge in [0.1, 0.15) is 0 Å². The lowest BCUT2D eigenvalue weighted by molar-refractivity contribution is -0.120. The number of fused-ring (bicyclic) bond motifs is 1. The molecule has 7 nitrogen and oxygen atoms in total. The first-order valence-corrected chi connectivity index (χ1v) is 6.90. The van der Waals surface area contributed by atoms with Crippen LogP contribution in [0.1, 0.15) is 19.8 Å². The number of anilines is 2. The molecule has 0 aliphatic heterocycles. The Morgan fingerprint density at radius 3 is 2.95 bits per heavy atom. The van der Waals surface area contributed by atoms with E-state index in [-0.39, 0.29) is 11.5 Å². The predicted octanol–water partition coefficient (Wildman–Crippen LogP) is 0.833. The third-order valence-electron chi connectivity index (χ3n) is 2.95. The molecule has 1 aromatic carbocycles. The molecule has 5 N–H and O–H groups in total. The molecule has 0 atom stereocenters. The Kier molecular flexibility index (Phi) is 4.76. The monoisotopic (exact) mass is 289 g/mol.